The van der Waals surface area contributed by atoms with Crippen LogP contribution in [0, 0.1) is 5.82 Å². The first kappa shape index (κ1) is 8.68. The van der Waals surface area contributed by atoms with E-state index in [9.17, 15) is 14.0 Å². The molecule has 0 unspecified atom stereocenters. The molecule has 0 aliphatic carbocycles. The zero-order valence-electron chi connectivity index (χ0n) is 7.03. The van der Waals surface area contributed by atoms with Crippen molar-refractivity contribution in [3.05, 3.63) is 29.6 Å². The number of fused-ring (bicyclic) bond motifs is 1. The lowest BCUT2D eigenvalue weighted by molar-refractivity contribution is -0.116. The van der Waals surface area contributed by atoms with Gasteiger partial charge in [0, 0.05) is 0 Å². The predicted octanol–water partition coefficient (Wildman–Crippen LogP) is 1.39. The third-order valence-electron chi connectivity index (χ3n) is 2.07. The fraction of sp³-hybridized carbons (Fsp3) is 0.111. The van der Waals surface area contributed by atoms with E-state index in [1.165, 1.54) is 12.1 Å². The lowest BCUT2D eigenvalue weighted by Crippen LogP contribution is -2.32. The molecule has 0 spiro atoms. The molecule has 1 heterocycles. The van der Waals surface area contributed by atoms with Crippen LogP contribution in [0.2, 0.25) is 0 Å². The molecule has 2 rings (SSSR count). The van der Waals surface area contributed by atoms with Crippen molar-refractivity contribution < 1.29 is 19.1 Å². The predicted molar refractivity (Wildman–Crippen MR) is 45.6 cm³/mol. The van der Waals surface area contributed by atoms with Gasteiger partial charge in [0.25, 0.3) is 0 Å². The molecule has 1 aliphatic heterocycles. The zero-order chi connectivity index (χ0) is 10.3. The summed E-state index contributed by atoms with van der Waals surface area (Å²) in [6.07, 6.45) is -1.36. The number of imide groups is 1. The highest BCUT2D eigenvalue weighted by Gasteiger charge is 2.32. The molecule has 1 N–H and O–H groups in total. The highest BCUT2D eigenvalue weighted by atomic mass is 19.1. The van der Waals surface area contributed by atoms with Gasteiger partial charge in [-0.25, -0.2) is 14.1 Å². The molecule has 5 heteroatoms. The van der Waals surface area contributed by atoms with Crippen molar-refractivity contribution in [1.82, 2.24) is 0 Å². The molecule has 0 saturated heterocycles. The van der Waals surface area contributed by atoms with E-state index >= 15 is 0 Å². The Kier molecular flexibility index (Phi) is 1.73. The molecule has 0 atom stereocenters. The molecule has 0 fully saturated rings. The molecule has 72 valence electrons. The fourth-order valence-corrected chi connectivity index (χ4v) is 1.48. The van der Waals surface area contributed by atoms with E-state index in [2.05, 4.69) is 0 Å². The zero-order valence-corrected chi connectivity index (χ0v) is 7.03. The Morgan fingerprint density at radius 3 is 2.86 bits per heavy atom. The summed E-state index contributed by atoms with van der Waals surface area (Å²) >= 11 is 0. The van der Waals surface area contributed by atoms with Crippen molar-refractivity contribution in [3.63, 3.8) is 0 Å². The number of amides is 2. The second-order valence-corrected chi connectivity index (χ2v) is 2.96. The van der Waals surface area contributed by atoms with Crippen molar-refractivity contribution in [2.24, 2.45) is 0 Å². The molecule has 0 radical (unpaired) electrons. The van der Waals surface area contributed by atoms with Gasteiger partial charge in [-0.15, -0.1) is 0 Å². The van der Waals surface area contributed by atoms with E-state index in [1.807, 2.05) is 0 Å². The maximum Gasteiger partial charge on any atom is 0.418 e. The average molecular weight is 195 g/mol. The number of carbonyl (C=O) groups excluding carboxylic acids is 1. The summed E-state index contributed by atoms with van der Waals surface area (Å²) < 4.78 is 12.8. The monoisotopic (exact) mass is 195 g/mol. The van der Waals surface area contributed by atoms with Crippen LogP contribution in [0.1, 0.15) is 5.56 Å². The van der Waals surface area contributed by atoms with Gasteiger partial charge >= 0.3 is 6.09 Å². The van der Waals surface area contributed by atoms with Crippen LogP contribution in [0.3, 0.4) is 0 Å². The summed E-state index contributed by atoms with van der Waals surface area (Å²) in [7, 11) is 0. The molecule has 1 aliphatic rings. The molecule has 14 heavy (non-hydrogen) atoms. The number of benzene rings is 1. The van der Waals surface area contributed by atoms with Gasteiger partial charge in [-0.05, 0) is 17.7 Å². The summed E-state index contributed by atoms with van der Waals surface area (Å²) in [6, 6.07) is 3.68. The Hall–Kier alpha value is -1.91. The number of anilines is 1. The Morgan fingerprint density at radius 1 is 1.50 bits per heavy atom. The third kappa shape index (κ3) is 1.14. The van der Waals surface area contributed by atoms with Gasteiger partial charge in [-0.3, -0.25) is 4.79 Å². The lowest BCUT2D eigenvalue weighted by Gasteiger charge is -2.09. The Bertz CT molecular complexity index is 430. The van der Waals surface area contributed by atoms with E-state index in [4.69, 9.17) is 5.11 Å². The topological polar surface area (TPSA) is 57.6 Å². The van der Waals surface area contributed by atoms with Gasteiger partial charge in [-0.2, -0.15) is 0 Å². The number of hydrogen-bond acceptors (Lipinski definition) is 2. The van der Waals surface area contributed by atoms with Gasteiger partial charge in [0.15, 0.2) is 0 Å². The van der Waals surface area contributed by atoms with E-state index in [-0.39, 0.29) is 12.1 Å². The number of carbonyl (C=O) groups is 2. The van der Waals surface area contributed by atoms with Crippen LogP contribution >= 0.6 is 0 Å². The third-order valence-corrected chi connectivity index (χ3v) is 2.07. The number of nitrogens with zero attached hydrogens (tertiary/aromatic N) is 1. The SMILES string of the molecule is O=C(O)N1C(=O)Cc2ccc(F)cc21. The van der Waals surface area contributed by atoms with Gasteiger partial charge in [0.1, 0.15) is 5.82 Å². The Labute approximate surface area is 78.6 Å². The quantitative estimate of drug-likeness (QED) is 0.680. The van der Waals surface area contributed by atoms with E-state index in [1.54, 1.807) is 0 Å². The summed E-state index contributed by atoms with van der Waals surface area (Å²) in [5, 5.41) is 8.70. The van der Waals surface area contributed by atoms with Crippen LogP contribution in [-0.4, -0.2) is 17.1 Å². The maximum atomic E-state index is 12.8. The number of hydrogen-bond donors (Lipinski definition) is 1. The van der Waals surface area contributed by atoms with Crippen molar-refractivity contribution in [3.8, 4) is 0 Å². The molecular weight excluding hydrogens is 189 g/mol. The van der Waals surface area contributed by atoms with Crippen molar-refractivity contribution in [2.45, 2.75) is 6.42 Å². The van der Waals surface area contributed by atoms with Crippen LogP contribution in [0.4, 0.5) is 14.9 Å². The first-order valence-electron chi connectivity index (χ1n) is 3.94. The van der Waals surface area contributed by atoms with E-state index in [0.717, 1.165) is 6.07 Å². The van der Waals surface area contributed by atoms with Crippen LogP contribution in [-0.2, 0) is 11.2 Å². The largest absolute Gasteiger partial charge is 0.464 e. The minimum absolute atomic E-state index is 0.0158. The summed E-state index contributed by atoms with van der Waals surface area (Å²) in [5.41, 5.74) is 0.668. The van der Waals surface area contributed by atoms with Crippen LogP contribution < -0.4 is 4.90 Å². The van der Waals surface area contributed by atoms with Gasteiger partial charge in [0.05, 0.1) is 12.1 Å². The molecule has 0 aromatic heterocycles. The fourth-order valence-electron chi connectivity index (χ4n) is 1.48. The highest BCUT2D eigenvalue weighted by molar-refractivity contribution is 6.16. The maximum absolute atomic E-state index is 12.8. The van der Waals surface area contributed by atoms with Crippen LogP contribution in [0.25, 0.3) is 0 Å². The Morgan fingerprint density at radius 2 is 2.21 bits per heavy atom. The second-order valence-electron chi connectivity index (χ2n) is 2.96. The van der Waals surface area contributed by atoms with Gasteiger partial charge in [0.2, 0.25) is 5.91 Å². The van der Waals surface area contributed by atoms with Crippen molar-refractivity contribution in [2.75, 3.05) is 4.90 Å². The molecular formula is C9H6FNO3. The first-order valence-corrected chi connectivity index (χ1v) is 3.94. The molecule has 2 amide bonds. The molecule has 0 saturated carbocycles. The Balaban J connectivity index is 2.55. The summed E-state index contributed by atoms with van der Waals surface area (Å²) in [4.78, 5) is 22.4. The van der Waals surface area contributed by atoms with Crippen molar-refractivity contribution >= 4 is 17.7 Å². The molecule has 0 bridgehead atoms. The minimum atomic E-state index is -1.38. The van der Waals surface area contributed by atoms with Gasteiger partial charge in [-0.1, -0.05) is 6.07 Å². The summed E-state index contributed by atoms with van der Waals surface area (Å²) in [5.74, 6) is -1.09. The first-order chi connectivity index (χ1) is 6.59. The highest BCUT2D eigenvalue weighted by Crippen LogP contribution is 2.29. The summed E-state index contributed by atoms with van der Waals surface area (Å²) in [6.45, 7) is 0. The smallest absolute Gasteiger partial charge is 0.418 e. The number of carboxylic acid groups (broad SMARTS) is 1. The van der Waals surface area contributed by atoms with E-state index < -0.39 is 17.8 Å². The average Bonchev–Trinajstić information content (AvgIpc) is 2.40. The normalized spacial score (nSPS) is 14.4. The molecule has 4 nitrogen and oxygen atoms in total. The van der Waals surface area contributed by atoms with E-state index in [0.29, 0.717) is 10.5 Å². The van der Waals surface area contributed by atoms with Crippen molar-refractivity contribution in [1.29, 1.82) is 0 Å². The molecule has 1 aromatic rings. The molecule has 1 aromatic carbocycles. The second kappa shape index (κ2) is 2.80. The minimum Gasteiger partial charge on any atom is -0.464 e. The standard InChI is InChI=1S/C9H6FNO3/c10-6-2-1-5-3-8(12)11(9(13)14)7(5)4-6/h1-2,4H,3H2,(H,13,14). The number of halogens is 1. The van der Waals surface area contributed by atoms with Crippen LogP contribution in [0.5, 0.6) is 0 Å². The van der Waals surface area contributed by atoms with Gasteiger partial charge < -0.3 is 5.11 Å². The number of rotatable bonds is 0. The lowest BCUT2D eigenvalue weighted by atomic mass is 10.2. The van der Waals surface area contributed by atoms with Crippen LogP contribution in [0.15, 0.2) is 18.2 Å².